The molecule has 0 saturated carbocycles. The van der Waals surface area contributed by atoms with E-state index in [1.807, 2.05) is 24.3 Å². The predicted octanol–water partition coefficient (Wildman–Crippen LogP) is 3.45. The SMILES string of the molecule is COc1cc(/C=N\NC(=O)COc2ccc(C(C)(C)C)cc2)ccc1OC(C)=O. The third kappa shape index (κ3) is 6.95. The molecule has 0 heterocycles. The molecule has 29 heavy (non-hydrogen) atoms. The molecule has 0 spiro atoms. The Morgan fingerprint density at radius 1 is 1.07 bits per heavy atom. The first kappa shape index (κ1) is 21.9. The van der Waals surface area contributed by atoms with Crippen molar-refractivity contribution in [3.63, 3.8) is 0 Å². The van der Waals surface area contributed by atoms with Gasteiger partial charge < -0.3 is 14.2 Å². The van der Waals surface area contributed by atoms with Crippen LogP contribution in [0.15, 0.2) is 47.6 Å². The van der Waals surface area contributed by atoms with Crippen LogP contribution in [0.3, 0.4) is 0 Å². The monoisotopic (exact) mass is 398 g/mol. The summed E-state index contributed by atoms with van der Waals surface area (Å²) >= 11 is 0. The van der Waals surface area contributed by atoms with Crippen LogP contribution in [0.4, 0.5) is 0 Å². The van der Waals surface area contributed by atoms with Gasteiger partial charge in [0.25, 0.3) is 5.91 Å². The van der Waals surface area contributed by atoms with E-state index in [2.05, 4.69) is 31.3 Å². The summed E-state index contributed by atoms with van der Waals surface area (Å²) in [5, 5.41) is 3.90. The van der Waals surface area contributed by atoms with E-state index in [0.29, 0.717) is 22.8 Å². The van der Waals surface area contributed by atoms with Gasteiger partial charge in [-0.2, -0.15) is 5.10 Å². The maximum Gasteiger partial charge on any atom is 0.308 e. The summed E-state index contributed by atoms with van der Waals surface area (Å²) in [5.41, 5.74) is 4.31. The van der Waals surface area contributed by atoms with Crippen molar-refractivity contribution >= 4 is 18.1 Å². The number of hydrazone groups is 1. The lowest BCUT2D eigenvalue weighted by Crippen LogP contribution is -2.24. The van der Waals surface area contributed by atoms with Crippen molar-refractivity contribution < 1.29 is 23.8 Å². The fourth-order valence-corrected chi connectivity index (χ4v) is 2.41. The van der Waals surface area contributed by atoms with E-state index in [1.54, 1.807) is 18.2 Å². The molecule has 7 nitrogen and oxygen atoms in total. The smallest absolute Gasteiger partial charge is 0.308 e. The summed E-state index contributed by atoms with van der Waals surface area (Å²) in [6, 6.07) is 12.6. The molecule has 2 rings (SSSR count). The molecular weight excluding hydrogens is 372 g/mol. The molecule has 154 valence electrons. The number of nitrogens with zero attached hydrogens (tertiary/aromatic N) is 1. The Morgan fingerprint density at radius 3 is 2.34 bits per heavy atom. The highest BCUT2D eigenvalue weighted by Gasteiger charge is 2.13. The highest BCUT2D eigenvalue weighted by molar-refractivity contribution is 5.84. The van der Waals surface area contributed by atoms with Crippen LogP contribution in [0.1, 0.15) is 38.8 Å². The topological polar surface area (TPSA) is 86.2 Å². The van der Waals surface area contributed by atoms with Gasteiger partial charge in [-0.25, -0.2) is 5.43 Å². The summed E-state index contributed by atoms with van der Waals surface area (Å²) in [6.07, 6.45) is 1.45. The van der Waals surface area contributed by atoms with Gasteiger partial charge in [-0.1, -0.05) is 32.9 Å². The van der Waals surface area contributed by atoms with E-state index in [0.717, 1.165) is 0 Å². The summed E-state index contributed by atoms with van der Waals surface area (Å²) in [5.74, 6) is 0.488. The van der Waals surface area contributed by atoms with Gasteiger partial charge in [0, 0.05) is 6.92 Å². The van der Waals surface area contributed by atoms with Crippen LogP contribution < -0.4 is 19.6 Å². The number of methoxy groups -OCH3 is 1. The van der Waals surface area contributed by atoms with Crippen LogP contribution in [-0.2, 0) is 15.0 Å². The van der Waals surface area contributed by atoms with Gasteiger partial charge in [0.15, 0.2) is 18.1 Å². The Morgan fingerprint density at radius 2 is 1.76 bits per heavy atom. The molecule has 0 atom stereocenters. The Balaban J connectivity index is 1.87. The zero-order valence-corrected chi connectivity index (χ0v) is 17.3. The highest BCUT2D eigenvalue weighted by Crippen LogP contribution is 2.27. The molecule has 0 aliphatic rings. The average Bonchev–Trinajstić information content (AvgIpc) is 2.66. The maximum atomic E-state index is 11.9. The predicted molar refractivity (Wildman–Crippen MR) is 111 cm³/mol. The largest absolute Gasteiger partial charge is 0.493 e. The molecule has 0 unspecified atom stereocenters. The summed E-state index contributed by atoms with van der Waals surface area (Å²) in [4.78, 5) is 23.0. The van der Waals surface area contributed by atoms with Crippen LogP contribution in [0, 0.1) is 0 Å². The van der Waals surface area contributed by atoms with Crippen molar-refractivity contribution in [1.29, 1.82) is 0 Å². The minimum absolute atomic E-state index is 0.0592. The van der Waals surface area contributed by atoms with Gasteiger partial charge >= 0.3 is 5.97 Å². The lowest BCUT2D eigenvalue weighted by atomic mass is 9.87. The van der Waals surface area contributed by atoms with Crippen molar-refractivity contribution in [3.05, 3.63) is 53.6 Å². The number of esters is 1. The number of benzene rings is 2. The molecule has 2 aromatic rings. The second kappa shape index (κ2) is 9.73. The number of carbonyl (C=O) groups excluding carboxylic acids is 2. The molecule has 2 aromatic carbocycles. The van der Waals surface area contributed by atoms with Gasteiger partial charge in [-0.15, -0.1) is 0 Å². The Hall–Kier alpha value is -3.35. The molecule has 0 saturated heterocycles. The molecule has 0 radical (unpaired) electrons. The van der Waals surface area contributed by atoms with Crippen molar-refractivity contribution in [3.8, 4) is 17.2 Å². The third-order valence-electron chi connectivity index (χ3n) is 3.93. The maximum absolute atomic E-state index is 11.9. The third-order valence-corrected chi connectivity index (χ3v) is 3.93. The Bertz CT molecular complexity index is 883. The standard InChI is InChI=1S/C22H26N2O5/c1-15(25)29-19-11-6-16(12-20(19)27-5)13-23-24-21(26)14-28-18-9-7-17(8-10-18)22(2,3)4/h6-13H,14H2,1-5H3,(H,24,26)/b23-13-. The molecule has 0 bridgehead atoms. The number of amides is 1. The molecule has 0 aliphatic carbocycles. The quantitative estimate of drug-likeness (QED) is 0.334. The van der Waals surface area contributed by atoms with Crippen LogP contribution in [0.2, 0.25) is 0 Å². The van der Waals surface area contributed by atoms with E-state index >= 15 is 0 Å². The fourth-order valence-electron chi connectivity index (χ4n) is 2.41. The Labute approximate surface area is 170 Å². The highest BCUT2D eigenvalue weighted by atomic mass is 16.6. The van der Waals surface area contributed by atoms with E-state index in [4.69, 9.17) is 14.2 Å². The number of hydrogen-bond acceptors (Lipinski definition) is 6. The first-order valence-electron chi connectivity index (χ1n) is 9.11. The summed E-state index contributed by atoms with van der Waals surface area (Å²) in [7, 11) is 1.47. The van der Waals surface area contributed by atoms with Crippen LogP contribution in [0.5, 0.6) is 17.2 Å². The molecule has 1 N–H and O–H groups in total. The average molecular weight is 398 g/mol. The van der Waals surface area contributed by atoms with Crippen molar-refractivity contribution in [2.45, 2.75) is 33.1 Å². The minimum atomic E-state index is -0.440. The van der Waals surface area contributed by atoms with Crippen LogP contribution in [-0.4, -0.2) is 31.8 Å². The molecule has 0 aliphatic heterocycles. The number of hydrogen-bond donors (Lipinski definition) is 1. The minimum Gasteiger partial charge on any atom is -0.493 e. The van der Waals surface area contributed by atoms with Crippen molar-refractivity contribution in [2.75, 3.05) is 13.7 Å². The Kier molecular flexibility index (Phi) is 7.36. The molecule has 0 fully saturated rings. The number of ether oxygens (including phenoxy) is 3. The number of rotatable bonds is 7. The first-order chi connectivity index (χ1) is 13.7. The second-order valence-electron chi connectivity index (χ2n) is 7.36. The number of nitrogens with one attached hydrogen (secondary N) is 1. The lowest BCUT2D eigenvalue weighted by Gasteiger charge is -2.19. The van der Waals surface area contributed by atoms with Gasteiger partial charge in [-0.05, 0) is 46.9 Å². The zero-order chi connectivity index (χ0) is 21.4. The lowest BCUT2D eigenvalue weighted by molar-refractivity contribution is -0.132. The second-order valence-corrected chi connectivity index (χ2v) is 7.36. The zero-order valence-electron chi connectivity index (χ0n) is 17.3. The fraction of sp³-hybridized carbons (Fsp3) is 0.318. The summed E-state index contributed by atoms with van der Waals surface area (Å²) in [6.45, 7) is 7.56. The van der Waals surface area contributed by atoms with Crippen molar-refractivity contribution in [1.82, 2.24) is 5.43 Å². The molecule has 7 heteroatoms. The summed E-state index contributed by atoms with van der Waals surface area (Å²) < 4.78 is 15.7. The first-order valence-corrected chi connectivity index (χ1v) is 9.11. The molecule has 1 amide bonds. The van der Waals surface area contributed by atoms with Gasteiger partial charge in [0.1, 0.15) is 5.75 Å². The van der Waals surface area contributed by atoms with E-state index in [-0.39, 0.29) is 17.9 Å². The van der Waals surface area contributed by atoms with Gasteiger partial charge in [0.05, 0.1) is 13.3 Å². The van der Waals surface area contributed by atoms with Gasteiger partial charge in [-0.3, -0.25) is 9.59 Å². The van der Waals surface area contributed by atoms with Crippen LogP contribution in [0.25, 0.3) is 0 Å². The molecular formula is C22H26N2O5. The normalized spacial score (nSPS) is 11.2. The van der Waals surface area contributed by atoms with Crippen LogP contribution >= 0.6 is 0 Å². The van der Waals surface area contributed by atoms with E-state index in [9.17, 15) is 9.59 Å². The number of carbonyl (C=O) groups is 2. The van der Waals surface area contributed by atoms with Gasteiger partial charge in [0.2, 0.25) is 0 Å². The van der Waals surface area contributed by atoms with Crippen molar-refractivity contribution in [2.24, 2.45) is 5.10 Å². The molecule has 0 aromatic heterocycles. The van der Waals surface area contributed by atoms with E-state index in [1.165, 1.54) is 25.8 Å². The van der Waals surface area contributed by atoms with E-state index < -0.39 is 5.97 Å².